The van der Waals surface area contributed by atoms with Gasteiger partial charge in [0.15, 0.2) is 0 Å². The molecule has 0 saturated heterocycles. The highest BCUT2D eigenvalue weighted by atomic mass is 32.2. The Hall–Kier alpha value is -1.57. The lowest BCUT2D eigenvalue weighted by Gasteiger charge is -2.16. The van der Waals surface area contributed by atoms with Crippen molar-refractivity contribution in [3.05, 3.63) is 0 Å². The molecule has 2 N–H and O–H groups in total. The Balaban J connectivity index is 2.43. The number of esters is 1. The van der Waals surface area contributed by atoms with E-state index in [0.717, 1.165) is 0 Å². The number of ketones is 1. The second-order valence-electron chi connectivity index (χ2n) is 4.95. The van der Waals surface area contributed by atoms with E-state index >= 15 is 0 Å². The first-order valence-electron chi connectivity index (χ1n) is 6.53. The minimum atomic E-state index is -0.943. The van der Waals surface area contributed by atoms with E-state index in [-0.39, 0.29) is 29.8 Å². The van der Waals surface area contributed by atoms with Crippen LogP contribution in [0.2, 0.25) is 0 Å². The van der Waals surface area contributed by atoms with Crippen LogP contribution < -0.4 is 5.32 Å². The molecular weight excluding hydrogens is 298 g/mol. The van der Waals surface area contributed by atoms with E-state index in [9.17, 15) is 19.2 Å². The van der Waals surface area contributed by atoms with E-state index < -0.39 is 23.9 Å². The molecule has 0 heterocycles. The zero-order valence-corrected chi connectivity index (χ0v) is 12.8. The quantitative estimate of drug-likeness (QED) is 0.640. The maximum atomic E-state index is 11.7. The fraction of sp³-hybridized carbons (Fsp3) is 0.692. The summed E-state index contributed by atoms with van der Waals surface area (Å²) >= 11 is 1.33. The standard InChI is InChI=1S/C13H19NO6S/c1-7(15)14-10(13(19)20-2)6-21-5-9-3-8(12(17)18)4-11(9)16/h8-10H,3-6H2,1-2H3,(H,14,15)(H,17,18)/t8-,9+,10?/m0/s1. The van der Waals surface area contributed by atoms with Crippen LogP contribution in [-0.2, 0) is 23.9 Å². The van der Waals surface area contributed by atoms with E-state index in [2.05, 4.69) is 10.1 Å². The highest BCUT2D eigenvalue weighted by Crippen LogP contribution is 2.30. The topological polar surface area (TPSA) is 110 Å². The van der Waals surface area contributed by atoms with Gasteiger partial charge in [-0.1, -0.05) is 0 Å². The fourth-order valence-electron chi connectivity index (χ4n) is 2.20. The average Bonchev–Trinajstić information content (AvgIpc) is 2.78. The summed E-state index contributed by atoms with van der Waals surface area (Å²) in [5, 5.41) is 11.4. The van der Waals surface area contributed by atoms with Crippen molar-refractivity contribution in [1.82, 2.24) is 5.32 Å². The van der Waals surface area contributed by atoms with E-state index in [1.165, 1.54) is 25.8 Å². The highest BCUT2D eigenvalue weighted by molar-refractivity contribution is 7.99. The van der Waals surface area contributed by atoms with Crippen LogP contribution in [0.3, 0.4) is 0 Å². The van der Waals surface area contributed by atoms with Gasteiger partial charge in [0.1, 0.15) is 11.8 Å². The molecule has 1 aliphatic rings. The molecule has 0 aliphatic heterocycles. The molecule has 118 valence electrons. The van der Waals surface area contributed by atoms with Crippen LogP contribution in [0.1, 0.15) is 19.8 Å². The van der Waals surface area contributed by atoms with Crippen molar-refractivity contribution in [2.45, 2.75) is 25.8 Å². The van der Waals surface area contributed by atoms with Gasteiger partial charge in [0, 0.05) is 30.8 Å². The molecule has 0 spiro atoms. The minimum Gasteiger partial charge on any atom is -0.481 e. The molecule has 3 atom stereocenters. The van der Waals surface area contributed by atoms with Crippen molar-refractivity contribution in [3.63, 3.8) is 0 Å². The summed E-state index contributed by atoms with van der Waals surface area (Å²) in [7, 11) is 1.24. The first-order chi connectivity index (χ1) is 9.85. The van der Waals surface area contributed by atoms with Gasteiger partial charge in [-0.05, 0) is 6.42 Å². The molecule has 0 aromatic heterocycles. The molecule has 0 aromatic carbocycles. The third kappa shape index (κ3) is 5.37. The lowest BCUT2D eigenvalue weighted by atomic mass is 10.1. The predicted octanol–water partition coefficient (Wildman–Crippen LogP) is 0.0772. The molecular formula is C13H19NO6S. The van der Waals surface area contributed by atoms with Gasteiger partial charge in [0.25, 0.3) is 0 Å². The SMILES string of the molecule is COC(=O)C(CSC[C@H]1C[C@H](C(=O)O)CC1=O)NC(C)=O. The second-order valence-corrected chi connectivity index (χ2v) is 6.03. The molecule has 1 saturated carbocycles. The summed E-state index contributed by atoms with van der Waals surface area (Å²) in [6.45, 7) is 1.30. The first kappa shape index (κ1) is 17.5. The Morgan fingerprint density at radius 1 is 1.48 bits per heavy atom. The summed E-state index contributed by atoms with van der Waals surface area (Å²) in [6.07, 6.45) is 0.414. The average molecular weight is 317 g/mol. The molecule has 1 amide bonds. The summed E-state index contributed by atoms with van der Waals surface area (Å²) in [5.41, 5.74) is 0. The predicted molar refractivity (Wildman–Crippen MR) is 75.8 cm³/mol. The van der Waals surface area contributed by atoms with Crippen LogP contribution in [0.25, 0.3) is 0 Å². The summed E-state index contributed by atoms with van der Waals surface area (Å²) in [4.78, 5) is 45.1. The highest BCUT2D eigenvalue weighted by Gasteiger charge is 2.36. The number of carboxylic acid groups (broad SMARTS) is 1. The van der Waals surface area contributed by atoms with E-state index in [1.807, 2.05) is 0 Å². The van der Waals surface area contributed by atoms with Gasteiger partial charge >= 0.3 is 11.9 Å². The van der Waals surface area contributed by atoms with Crippen molar-refractivity contribution in [2.24, 2.45) is 11.8 Å². The molecule has 8 heteroatoms. The van der Waals surface area contributed by atoms with E-state index in [0.29, 0.717) is 12.2 Å². The van der Waals surface area contributed by atoms with Gasteiger partial charge in [-0.25, -0.2) is 4.79 Å². The van der Waals surface area contributed by atoms with Gasteiger partial charge in [0.2, 0.25) is 5.91 Å². The Labute approximate surface area is 126 Å². The molecule has 21 heavy (non-hydrogen) atoms. The lowest BCUT2D eigenvalue weighted by molar-refractivity contribution is -0.144. The Bertz CT molecular complexity index is 438. The maximum absolute atomic E-state index is 11.7. The van der Waals surface area contributed by atoms with E-state index in [4.69, 9.17) is 5.11 Å². The number of hydrogen-bond donors (Lipinski definition) is 2. The number of amides is 1. The van der Waals surface area contributed by atoms with Crippen LogP contribution in [0, 0.1) is 11.8 Å². The van der Waals surface area contributed by atoms with Crippen molar-refractivity contribution >= 4 is 35.4 Å². The monoisotopic (exact) mass is 317 g/mol. The van der Waals surface area contributed by atoms with Crippen LogP contribution in [-0.4, -0.2) is 53.4 Å². The summed E-state index contributed by atoms with van der Waals surface area (Å²) in [6, 6.07) is -0.760. The van der Waals surface area contributed by atoms with E-state index in [1.54, 1.807) is 0 Å². The van der Waals surface area contributed by atoms with Crippen LogP contribution in [0.4, 0.5) is 0 Å². The zero-order valence-electron chi connectivity index (χ0n) is 12.0. The number of hydrogen-bond acceptors (Lipinski definition) is 6. The van der Waals surface area contributed by atoms with Gasteiger partial charge in [-0.3, -0.25) is 14.4 Å². The largest absolute Gasteiger partial charge is 0.481 e. The molecule has 0 radical (unpaired) electrons. The first-order valence-corrected chi connectivity index (χ1v) is 7.68. The number of aliphatic carboxylic acids is 1. The third-order valence-corrected chi connectivity index (χ3v) is 4.50. The normalized spacial score (nSPS) is 22.7. The molecule has 1 fully saturated rings. The number of carbonyl (C=O) groups excluding carboxylic acids is 3. The molecule has 1 unspecified atom stereocenters. The van der Waals surface area contributed by atoms with Crippen molar-refractivity contribution in [1.29, 1.82) is 0 Å². The van der Waals surface area contributed by atoms with Gasteiger partial charge in [-0.2, -0.15) is 11.8 Å². The molecule has 0 bridgehead atoms. The molecule has 1 rings (SSSR count). The molecule has 0 aromatic rings. The Kier molecular flexibility index (Phi) is 6.67. The second kappa shape index (κ2) is 8.02. The maximum Gasteiger partial charge on any atom is 0.329 e. The number of rotatable bonds is 7. The number of methoxy groups -OCH3 is 1. The van der Waals surface area contributed by atoms with Crippen LogP contribution >= 0.6 is 11.8 Å². The molecule has 1 aliphatic carbocycles. The van der Waals surface area contributed by atoms with Crippen LogP contribution in [0.5, 0.6) is 0 Å². The fourth-order valence-corrected chi connectivity index (χ4v) is 3.40. The Morgan fingerprint density at radius 2 is 2.14 bits per heavy atom. The lowest BCUT2D eigenvalue weighted by Crippen LogP contribution is -2.42. The van der Waals surface area contributed by atoms with Crippen molar-refractivity contribution < 1.29 is 29.0 Å². The number of nitrogens with one attached hydrogen (secondary N) is 1. The van der Waals surface area contributed by atoms with Crippen molar-refractivity contribution in [2.75, 3.05) is 18.6 Å². The molecule has 7 nitrogen and oxygen atoms in total. The van der Waals surface area contributed by atoms with Crippen LogP contribution in [0.15, 0.2) is 0 Å². The smallest absolute Gasteiger partial charge is 0.329 e. The third-order valence-electron chi connectivity index (χ3n) is 3.29. The summed E-state index contributed by atoms with van der Waals surface area (Å²) < 4.78 is 4.59. The number of thioether (sulfide) groups is 1. The van der Waals surface area contributed by atoms with Gasteiger partial charge in [0.05, 0.1) is 13.0 Å². The number of carboxylic acids is 1. The number of carbonyl (C=O) groups is 4. The summed E-state index contributed by atoms with van der Waals surface area (Å²) in [5.74, 6) is -2.05. The minimum absolute atomic E-state index is 0.0518. The van der Waals surface area contributed by atoms with Gasteiger partial charge in [-0.15, -0.1) is 0 Å². The number of Topliss-reactive ketones (excluding diaryl/α,β-unsaturated/α-hetero) is 1. The van der Waals surface area contributed by atoms with Crippen molar-refractivity contribution in [3.8, 4) is 0 Å². The Morgan fingerprint density at radius 3 is 2.62 bits per heavy atom. The van der Waals surface area contributed by atoms with Gasteiger partial charge < -0.3 is 15.2 Å². The zero-order chi connectivity index (χ0) is 16.0. The number of ether oxygens (including phenoxy) is 1.